The predicted molar refractivity (Wildman–Crippen MR) is 72.2 cm³/mol. The number of nitrogen functional groups attached to an aromatic ring is 1. The summed E-state index contributed by atoms with van der Waals surface area (Å²) in [6.07, 6.45) is 2.38. The Balaban J connectivity index is 2.03. The zero-order valence-corrected chi connectivity index (χ0v) is 10.1. The molecule has 1 nitrogen and oxygen atoms in total. The highest BCUT2D eigenvalue weighted by atomic mass is 14.5. The van der Waals surface area contributed by atoms with Gasteiger partial charge in [0.1, 0.15) is 0 Å². The van der Waals surface area contributed by atoms with Gasteiger partial charge < -0.3 is 5.73 Å². The summed E-state index contributed by atoms with van der Waals surface area (Å²) in [6.45, 7) is 2.13. The Hall–Kier alpha value is -1.76. The van der Waals surface area contributed by atoms with E-state index >= 15 is 0 Å². The molecule has 2 N–H and O–H groups in total. The molecule has 1 atom stereocenters. The summed E-state index contributed by atoms with van der Waals surface area (Å²) in [5.41, 5.74) is 12.4. The van der Waals surface area contributed by atoms with E-state index in [1.807, 2.05) is 6.07 Å². The molecule has 0 amide bonds. The van der Waals surface area contributed by atoms with E-state index in [0.717, 1.165) is 5.69 Å². The smallest absolute Gasteiger partial charge is 0.0317 e. The molecule has 2 aromatic carbocycles. The third-order valence-electron chi connectivity index (χ3n) is 3.73. The van der Waals surface area contributed by atoms with Gasteiger partial charge in [0, 0.05) is 11.6 Å². The molecule has 0 aromatic heterocycles. The van der Waals surface area contributed by atoms with Crippen molar-refractivity contribution >= 4 is 5.69 Å². The number of hydrogen-bond acceptors (Lipinski definition) is 1. The number of fused-ring (bicyclic) bond motifs is 1. The monoisotopic (exact) mass is 223 g/mol. The maximum absolute atomic E-state index is 5.90. The third kappa shape index (κ3) is 1.82. The Bertz CT molecular complexity index is 540. The lowest BCUT2D eigenvalue weighted by molar-refractivity contribution is 0.788. The van der Waals surface area contributed by atoms with Gasteiger partial charge in [-0.2, -0.15) is 0 Å². The molecule has 3 rings (SSSR count). The first-order chi connectivity index (χ1) is 8.24. The molecular weight excluding hydrogens is 206 g/mol. The van der Waals surface area contributed by atoms with Gasteiger partial charge in [-0.05, 0) is 48.6 Å². The molecule has 1 aliphatic carbocycles. The second-order valence-corrected chi connectivity index (χ2v) is 4.96. The van der Waals surface area contributed by atoms with E-state index < -0.39 is 0 Å². The van der Waals surface area contributed by atoms with Crippen LogP contribution in [0.2, 0.25) is 0 Å². The van der Waals surface area contributed by atoms with E-state index in [4.69, 9.17) is 5.73 Å². The molecule has 1 aliphatic rings. The fourth-order valence-corrected chi connectivity index (χ4v) is 2.77. The molecule has 1 unspecified atom stereocenters. The average molecular weight is 223 g/mol. The zero-order chi connectivity index (χ0) is 11.8. The Labute approximate surface area is 102 Å². The summed E-state index contributed by atoms with van der Waals surface area (Å²) in [5, 5.41) is 0. The van der Waals surface area contributed by atoms with Crippen molar-refractivity contribution < 1.29 is 0 Å². The highest BCUT2D eigenvalue weighted by Crippen LogP contribution is 2.38. The van der Waals surface area contributed by atoms with E-state index in [0.29, 0.717) is 5.92 Å². The molecule has 0 saturated heterocycles. The van der Waals surface area contributed by atoms with E-state index in [2.05, 4.69) is 43.3 Å². The van der Waals surface area contributed by atoms with Gasteiger partial charge in [-0.1, -0.05) is 35.9 Å². The maximum Gasteiger partial charge on any atom is 0.0317 e. The Kier molecular flexibility index (Phi) is 2.40. The molecule has 2 aromatic rings. The summed E-state index contributed by atoms with van der Waals surface area (Å²) < 4.78 is 0. The van der Waals surface area contributed by atoms with Crippen LogP contribution < -0.4 is 5.73 Å². The average Bonchev–Trinajstić information content (AvgIpc) is 2.73. The largest absolute Gasteiger partial charge is 0.399 e. The predicted octanol–water partition coefficient (Wildman–Crippen LogP) is 3.66. The number of aryl methyl sites for hydroxylation is 2. The molecule has 1 heteroatoms. The van der Waals surface area contributed by atoms with Crippen molar-refractivity contribution in [1.29, 1.82) is 0 Å². The van der Waals surface area contributed by atoms with Crippen LogP contribution in [0, 0.1) is 6.92 Å². The lowest BCUT2D eigenvalue weighted by atomic mass is 9.92. The van der Waals surface area contributed by atoms with Crippen molar-refractivity contribution in [3.8, 4) is 0 Å². The first kappa shape index (κ1) is 10.4. The van der Waals surface area contributed by atoms with E-state index in [9.17, 15) is 0 Å². The second-order valence-electron chi connectivity index (χ2n) is 4.96. The summed E-state index contributed by atoms with van der Waals surface area (Å²) in [7, 11) is 0. The van der Waals surface area contributed by atoms with Crippen molar-refractivity contribution in [2.45, 2.75) is 25.7 Å². The highest BCUT2D eigenvalue weighted by Gasteiger charge is 2.23. The SMILES string of the molecule is Cc1ccc(C2CCc3ccc(N)cc32)cc1. The van der Waals surface area contributed by atoms with Gasteiger partial charge in [-0.15, -0.1) is 0 Å². The first-order valence-corrected chi connectivity index (χ1v) is 6.19. The Morgan fingerprint density at radius 2 is 1.82 bits per heavy atom. The molecule has 0 aliphatic heterocycles. The highest BCUT2D eigenvalue weighted by molar-refractivity contribution is 5.51. The number of anilines is 1. The summed E-state index contributed by atoms with van der Waals surface area (Å²) >= 11 is 0. The molecule has 86 valence electrons. The molecule has 0 fully saturated rings. The van der Waals surface area contributed by atoms with E-state index in [-0.39, 0.29) is 0 Å². The van der Waals surface area contributed by atoms with Crippen LogP contribution in [0.4, 0.5) is 5.69 Å². The van der Waals surface area contributed by atoms with Gasteiger partial charge in [-0.25, -0.2) is 0 Å². The Morgan fingerprint density at radius 3 is 2.59 bits per heavy atom. The minimum absolute atomic E-state index is 0.536. The normalized spacial score (nSPS) is 18.1. The lowest BCUT2D eigenvalue weighted by Gasteiger charge is -2.13. The number of rotatable bonds is 1. The van der Waals surface area contributed by atoms with Crippen LogP contribution >= 0.6 is 0 Å². The van der Waals surface area contributed by atoms with Crippen LogP contribution in [0.25, 0.3) is 0 Å². The maximum atomic E-state index is 5.90. The van der Waals surface area contributed by atoms with Crippen LogP contribution in [0.1, 0.15) is 34.6 Å². The fraction of sp³-hybridized carbons (Fsp3) is 0.250. The van der Waals surface area contributed by atoms with Crippen molar-refractivity contribution in [1.82, 2.24) is 0 Å². The van der Waals surface area contributed by atoms with E-state index in [1.54, 1.807) is 0 Å². The van der Waals surface area contributed by atoms with Crippen LogP contribution in [0.3, 0.4) is 0 Å². The van der Waals surface area contributed by atoms with Gasteiger partial charge in [0.2, 0.25) is 0 Å². The second kappa shape index (κ2) is 3.92. The minimum Gasteiger partial charge on any atom is -0.399 e. The Morgan fingerprint density at radius 1 is 1.06 bits per heavy atom. The summed E-state index contributed by atoms with van der Waals surface area (Å²) in [4.78, 5) is 0. The van der Waals surface area contributed by atoms with Gasteiger partial charge in [0.15, 0.2) is 0 Å². The lowest BCUT2D eigenvalue weighted by Crippen LogP contribution is -1.97. The molecular formula is C16H17N. The van der Waals surface area contributed by atoms with Crippen LogP contribution in [-0.4, -0.2) is 0 Å². The molecule has 0 saturated carbocycles. The van der Waals surface area contributed by atoms with Gasteiger partial charge in [0.25, 0.3) is 0 Å². The van der Waals surface area contributed by atoms with Crippen LogP contribution in [0.5, 0.6) is 0 Å². The van der Waals surface area contributed by atoms with E-state index in [1.165, 1.54) is 35.1 Å². The number of benzene rings is 2. The summed E-state index contributed by atoms with van der Waals surface area (Å²) in [6, 6.07) is 15.2. The number of nitrogens with two attached hydrogens (primary N) is 1. The van der Waals surface area contributed by atoms with Gasteiger partial charge >= 0.3 is 0 Å². The van der Waals surface area contributed by atoms with Crippen molar-refractivity contribution in [3.63, 3.8) is 0 Å². The first-order valence-electron chi connectivity index (χ1n) is 6.19. The fourth-order valence-electron chi connectivity index (χ4n) is 2.77. The number of hydrogen-bond donors (Lipinski definition) is 1. The topological polar surface area (TPSA) is 26.0 Å². The molecule has 0 spiro atoms. The van der Waals surface area contributed by atoms with Crippen LogP contribution in [0.15, 0.2) is 42.5 Å². The van der Waals surface area contributed by atoms with Crippen LogP contribution in [-0.2, 0) is 6.42 Å². The molecule has 0 heterocycles. The minimum atomic E-state index is 0.536. The van der Waals surface area contributed by atoms with Crippen molar-refractivity contribution in [2.75, 3.05) is 5.73 Å². The molecule has 0 bridgehead atoms. The molecule has 17 heavy (non-hydrogen) atoms. The quantitative estimate of drug-likeness (QED) is 0.734. The van der Waals surface area contributed by atoms with Crippen molar-refractivity contribution in [3.05, 3.63) is 64.7 Å². The third-order valence-corrected chi connectivity index (χ3v) is 3.73. The summed E-state index contributed by atoms with van der Waals surface area (Å²) in [5.74, 6) is 0.536. The van der Waals surface area contributed by atoms with Gasteiger partial charge in [0.05, 0.1) is 0 Å². The zero-order valence-electron chi connectivity index (χ0n) is 10.1. The van der Waals surface area contributed by atoms with Crippen molar-refractivity contribution in [2.24, 2.45) is 0 Å². The molecule has 0 radical (unpaired) electrons. The van der Waals surface area contributed by atoms with Gasteiger partial charge in [-0.3, -0.25) is 0 Å². The standard InChI is InChI=1S/C16H17N/c1-11-2-4-12(5-3-11)15-9-7-13-6-8-14(17)10-16(13)15/h2-6,8,10,15H,7,9,17H2,1H3.